The quantitative estimate of drug-likeness (QED) is 0.823. The van der Waals surface area contributed by atoms with Crippen molar-refractivity contribution in [3.05, 3.63) is 66.7 Å². The van der Waals surface area contributed by atoms with Gasteiger partial charge in [-0.15, -0.1) is 6.58 Å². The van der Waals surface area contributed by atoms with Crippen LogP contribution in [0.1, 0.15) is 12.0 Å². The molecular formula is C21H20N2O2. The SMILES string of the molecule is C=CCC1C(=O)NCC1COc1ccc(-c2ccc(C#N)cc2)cc1. The summed E-state index contributed by atoms with van der Waals surface area (Å²) in [7, 11) is 0. The highest BCUT2D eigenvalue weighted by Gasteiger charge is 2.33. The van der Waals surface area contributed by atoms with E-state index in [0.717, 1.165) is 16.9 Å². The first-order chi connectivity index (χ1) is 12.2. The van der Waals surface area contributed by atoms with Crippen LogP contribution in [0.25, 0.3) is 11.1 Å². The molecule has 4 nitrogen and oxygen atoms in total. The van der Waals surface area contributed by atoms with Gasteiger partial charge in [-0.25, -0.2) is 0 Å². The van der Waals surface area contributed by atoms with Crippen LogP contribution >= 0.6 is 0 Å². The number of allylic oxidation sites excluding steroid dienone is 1. The minimum absolute atomic E-state index is 0.0459. The average molecular weight is 332 g/mol. The van der Waals surface area contributed by atoms with Crippen molar-refractivity contribution < 1.29 is 9.53 Å². The lowest BCUT2D eigenvalue weighted by Crippen LogP contribution is -2.22. The molecule has 1 fully saturated rings. The van der Waals surface area contributed by atoms with Gasteiger partial charge in [0.05, 0.1) is 18.2 Å². The van der Waals surface area contributed by atoms with Crippen molar-refractivity contribution in [3.8, 4) is 22.9 Å². The lowest BCUT2D eigenvalue weighted by Gasteiger charge is -2.16. The fourth-order valence-corrected chi connectivity index (χ4v) is 3.06. The monoisotopic (exact) mass is 332 g/mol. The topological polar surface area (TPSA) is 62.1 Å². The molecule has 0 bridgehead atoms. The van der Waals surface area contributed by atoms with Gasteiger partial charge in [-0.1, -0.05) is 30.3 Å². The van der Waals surface area contributed by atoms with Gasteiger partial charge in [0.2, 0.25) is 5.91 Å². The molecule has 126 valence electrons. The van der Waals surface area contributed by atoms with E-state index >= 15 is 0 Å². The van der Waals surface area contributed by atoms with E-state index in [1.54, 1.807) is 6.08 Å². The fourth-order valence-electron chi connectivity index (χ4n) is 3.06. The molecule has 1 N–H and O–H groups in total. The molecule has 1 amide bonds. The normalized spacial score (nSPS) is 19.1. The first kappa shape index (κ1) is 16.8. The van der Waals surface area contributed by atoms with E-state index in [0.29, 0.717) is 25.1 Å². The third-order valence-electron chi connectivity index (χ3n) is 4.53. The van der Waals surface area contributed by atoms with Crippen molar-refractivity contribution in [1.82, 2.24) is 5.32 Å². The maximum Gasteiger partial charge on any atom is 0.223 e. The van der Waals surface area contributed by atoms with E-state index in [1.165, 1.54) is 0 Å². The van der Waals surface area contributed by atoms with Crippen LogP contribution in [0.15, 0.2) is 61.2 Å². The van der Waals surface area contributed by atoms with Crippen LogP contribution in [0.4, 0.5) is 0 Å². The van der Waals surface area contributed by atoms with E-state index in [-0.39, 0.29) is 17.7 Å². The highest BCUT2D eigenvalue weighted by molar-refractivity contribution is 5.81. The number of nitriles is 1. The summed E-state index contributed by atoms with van der Waals surface area (Å²) < 4.78 is 5.87. The second-order valence-corrected chi connectivity index (χ2v) is 6.16. The molecule has 2 unspecified atom stereocenters. The summed E-state index contributed by atoms with van der Waals surface area (Å²) in [5.41, 5.74) is 2.78. The highest BCUT2D eigenvalue weighted by Crippen LogP contribution is 2.25. The predicted octanol–water partition coefficient (Wildman–Crippen LogP) is 3.54. The first-order valence-electron chi connectivity index (χ1n) is 8.33. The number of hydrogen-bond donors (Lipinski definition) is 1. The molecule has 3 rings (SSSR count). The third kappa shape index (κ3) is 3.89. The molecule has 1 aliphatic rings. The number of nitrogens with one attached hydrogen (secondary N) is 1. The zero-order chi connectivity index (χ0) is 17.6. The van der Waals surface area contributed by atoms with Gasteiger partial charge < -0.3 is 10.1 Å². The van der Waals surface area contributed by atoms with Gasteiger partial charge in [-0.05, 0) is 41.8 Å². The Morgan fingerprint density at radius 1 is 1.16 bits per heavy atom. The molecule has 0 aromatic heterocycles. The maximum absolute atomic E-state index is 11.8. The molecule has 2 aromatic rings. The summed E-state index contributed by atoms with van der Waals surface area (Å²) in [6.07, 6.45) is 2.46. The smallest absolute Gasteiger partial charge is 0.223 e. The Kier molecular flexibility index (Phi) is 5.15. The van der Waals surface area contributed by atoms with E-state index < -0.39 is 0 Å². The van der Waals surface area contributed by atoms with Crippen LogP contribution in [-0.4, -0.2) is 19.1 Å². The minimum atomic E-state index is -0.0459. The van der Waals surface area contributed by atoms with Crippen molar-refractivity contribution in [1.29, 1.82) is 5.26 Å². The molecule has 4 heteroatoms. The summed E-state index contributed by atoms with van der Waals surface area (Å²) in [5, 5.41) is 11.7. The number of carbonyl (C=O) groups is 1. The lowest BCUT2D eigenvalue weighted by atomic mass is 9.93. The minimum Gasteiger partial charge on any atom is -0.493 e. The van der Waals surface area contributed by atoms with E-state index in [4.69, 9.17) is 10.00 Å². The predicted molar refractivity (Wildman–Crippen MR) is 96.9 cm³/mol. The summed E-state index contributed by atoms with van der Waals surface area (Å²) in [5.74, 6) is 0.998. The van der Waals surface area contributed by atoms with Crippen molar-refractivity contribution >= 4 is 5.91 Å². The summed E-state index contributed by atoms with van der Waals surface area (Å²) in [4.78, 5) is 11.8. The van der Waals surface area contributed by atoms with Gasteiger partial charge in [-0.2, -0.15) is 5.26 Å². The van der Waals surface area contributed by atoms with Crippen LogP contribution in [0.2, 0.25) is 0 Å². The number of ether oxygens (including phenoxy) is 1. The van der Waals surface area contributed by atoms with Gasteiger partial charge in [0.1, 0.15) is 5.75 Å². The van der Waals surface area contributed by atoms with E-state index in [2.05, 4.69) is 18.0 Å². The molecule has 1 aliphatic heterocycles. The van der Waals surface area contributed by atoms with E-state index in [9.17, 15) is 4.79 Å². The number of amides is 1. The second-order valence-electron chi connectivity index (χ2n) is 6.16. The molecule has 2 atom stereocenters. The van der Waals surface area contributed by atoms with Crippen molar-refractivity contribution in [3.63, 3.8) is 0 Å². The Bertz CT molecular complexity index is 788. The fraction of sp³-hybridized carbons (Fsp3) is 0.238. The summed E-state index contributed by atoms with van der Waals surface area (Å²) in [6, 6.07) is 17.5. The van der Waals surface area contributed by atoms with Gasteiger partial charge in [-0.3, -0.25) is 4.79 Å². The van der Waals surface area contributed by atoms with E-state index in [1.807, 2.05) is 48.5 Å². The maximum atomic E-state index is 11.8. The van der Waals surface area contributed by atoms with Gasteiger partial charge in [0, 0.05) is 18.4 Å². The molecule has 0 saturated carbocycles. The molecular weight excluding hydrogens is 312 g/mol. The molecule has 0 aliphatic carbocycles. The standard InChI is InChI=1S/C21H20N2O2/c1-2-3-20-18(13-23-21(20)24)14-25-19-10-8-17(9-11-19)16-6-4-15(12-22)5-7-16/h2,4-11,18,20H,1,3,13-14H2,(H,23,24). The van der Waals surface area contributed by atoms with Gasteiger partial charge in [0.25, 0.3) is 0 Å². The van der Waals surface area contributed by atoms with Crippen LogP contribution < -0.4 is 10.1 Å². The number of rotatable bonds is 6. The molecule has 0 spiro atoms. The summed E-state index contributed by atoms with van der Waals surface area (Å²) in [6.45, 7) is 4.88. The molecule has 1 heterocycles. The number of carbonyl (C=O) groups excluding carboxylic acids is 1. The highest BCUT2D eigenvalue weighted by atomic mass is 16.5. The van der Waals surface area contributed by atoms with Crippen molar-refractivity contribution in [2.45, 2.75) is 6.42 Å². The average Bonchev–Trinajstić information content (AvgIpc) is 3.01. The van der Waals surface area contributed by atoms with Crippen LogP contribution in [0.3, 0.4) is 0 Å². The molecule has 0 radical (unpaired) electrons. The van der Waals surface area contributed by atoms with Crippen LogP contribution in [0.5, 0.6) is 5.75 Å². The Morgan fingerprint density at radius 2 is 1.80 bits per heavy atom. The Hall–Kier alpha value is -3.06. The Labute approximate surface area is 147 Å². The van der Waals surface area contributed by atoms with Gasteiger partial charge >= 0.3 is 0 Å². The van der Waals surface area contributed by atoms with Crippen LogP contribution in [0, 0.1) is 23.2 Å². The number of nitrogens with zero attached hydrogens (tertiary/aromatic N) is 1. The first-order valence-corrected chi connectivity index (χ1v) is 8.33. The zero-order valence-electron chi connectivity index (χ0n) is 13.9. The van der Waals surface area contributed by atoms with Crippen molar-refractivity contribution in [2.75, 3.05) is 13.2 Å². The second kappa shape index (κ2) is 7.67. The largest absolute Gasteiger partial charge is 0.493 e. The lowest BCUT2D eigenvalue weighted by molar-refractivity contribution is -0.123. The number of benzene rings is 2. The molecule has 1 saturated heterocycles. The number of hydrogen-bond acceptors (Lipinski definition) is 3. The van der Waals surface area contributed by atoms with Gasteiger partial charge in [0.15, 0.2) is 0 Å². The third-order valence-corrected chi connectivity index (χ3v) is 4.53. The molecule has 25 heavy (non-hydrogen) atoms. The molecule has 2 aromatic carbocycles. The van der Waals surface area contributed by atoms with Crippen LogP contribution in [-0.2, 0) is 4.79 Å². The summed E-state index contributed by atoms with van der Waals surface area (Å²) >= 11 is 0. The Morgan fingerprint density at radius 3 is 2.40 bits per heavy atom. The Balaban J connectivity index is 1.62. The zero-order valence-corrected chi connectivity index (χ0v) is 13.9. The van der Waals surface area contributed by atoms with Crippen molar-refractivity contribution in [2.24, 2.45) is 11.8 Å².